The fourth-order valence-corrected chi connectivity index (χ4v) is 2.41. The Kier molecular flexibility index (Phi) is 7.81. The molecule has 108 valence electrons. The Bertz CT molecular complexity index is 326. The zero-order valence-corrected chi connectivity index (χ0v) is 13.2. The van der Waals surface area contributed by atoms with E-state index in [0.29, 0.717) is 5.92 Å². The molecule has 1 N–H and O–H groups in total. The lowest BCUT2D eigenvalue weighted by Crippen LogP contribution is -2.25. The number of hydrogen-bond donors (Lipinski definition) is 1. The normalized spacial score (nSPS) is 12.9. The molecular formula is C18H31N. The molecular weight excluding hydrogens is 230 g/mol. The Labute approximate surface area is 119 Å². The predicted molar refractivity (Wildman–Crippen MR) is 85.8 cm³/mol. The average Bonchev–Trinajstić information content (AvgIpc) is 2.38. The summed E-state index contributed by atoms with van der Waals surface area (Å²) in [4.78, 5) is 0. The van der Waals surface area contributed by atoms with Crippen molar-refractivity contribution in [3.8, 4) is 0 Å². The molecule has 0 aromatic heterocycles. The summed E-state index contributed by atoms with van der Waals surface area (Å²) in [6.07, 6.45) is 5.31. The summed E-state index contributed by atoms with van der Waals surface area (Å²) in [6.45, 7) is 11.2. The fraction of sp³-hybridized carbons (Fsp3) is 0.667. The summed E-state index contributed by atoms with van der Waals surface area (Å²) in [7, 11) is 0. The molecule has 1 aromatic rings. The second kappa shape index (κ2) is 9.14. The van der Waals surface area contributed by atoms with Gasteiger partial charge in [-0.1, -0.05) is 69.9 Å². The van der Waals surface area contributed by atoms with E-state index in [-0.39, 0.29) is 0 Å². The van der Waals surface area contributed by atoms with Gasteiger partial charge < -0.3 is 5.32 Å². The summed E-state index contributed by atoms with van der Waals surface area (Å²) in [5.74, 6) is 1.40. The zero-order valence-electron chi connectivity index (χ0n) is 13.2. The molecule has 0 saturated heterocycles. The molecule has 1 rings (SSSR count). The van der Waals surface area contributed by atoms with Gasteiger partial charge in [0.15, 0.2) is 0 Å². The van der Waals surface area contributed by atoms with Crippen molar-refractivity contribution in [3.63, 3.8) is 0 Å². The number of unbranched alkanes of at least 4 members (excludes halogenated alkanes) is 2. The van der Waals surface area contributed by atoms with E-state index < -0.39 is 0 Å². The molecule has 1 nitrogen and oxygen atoms in total. The van der Waals surface area contributed by atoms with E-state index in [1.54, 1.807) is 0 Å². The van der Waals surface area contributed by atoms with E-state index in [9.17, 15) is 0 Å². The van der Waals surface area contributed by atoms with Gasteiger partial charge in [0.05, 0.1) is 0 Å². The van der Waals surface area contributed by atoms with Gasteiger partial charge in [0.25, 0.3) is 0 Å². The molecule has 19 heavy (non-hydrogen) atoms. The van der Waals surface area contributed by atoms with Crippen molar-refractivity contribution in [1.82, 2.24) is 5.32 Å². The van der Waals surface area contributed by atoms with Crippen LogP contribution >= 0.6 is 0 Å². The van der Waals surface area contributed by atoms with Gasteiger partial charge in [-0.05, 0) is 37.3 Å². The minimum Gasteiger partial charge on any atom is -0.316 e. The van der Waals surface area contributed by atoms with Gasteiger partial charge in [-0.25, -0.2) is 0 Å². The molecule has 0 aliphatic carbocycles. The highest BCUT2D eigenvalue weighted by atomic mass is 14.9. The van der Waals surface area contributed by atoms with Crippen molar-refractivity contribution in [2.24, 2.45) is 5.92 Å². The maximum atomic E-state index is 3.62. The lowest BCUT2D eigenvalue weighted by Gasteiger charge is -2.19. The molecule has 1 aromatic carbocycles. The van der Waals surface area contributed by atoms with E-state index in [2.05, 4.69) is 57.3 Å². The van der Waals surface area contributed by atoms with Crippen LogP contribution in [0, 0.1) is 12.8 Å². The van der Waals surface area contributed by atoms with Gasteiger partial charge in [0.1, 0.15) is 0 Å². The van der Waals surface area contributed by atoms with E-state index >= 15 is 0 Å². The predicted octanol–water partition coefficient (Wildman–Crippen LogP) is 4.90. The topological polar surface area (TPSA) is 12.0 Å². The minimum absolute atomic E-state index is 0.672. The van der Waals surface area contributed by atoms with Crippen molar-refractivity contribution in [1.29, 1.82) is 0 Å². The van der Waals surface area contributed by atoms with Gasteiger partial charge in [-0.15, -0.1) is 0 Å². The van der Waals surface area contributed by atoms with E-state index in [1.807, 2.05) is 0 Å². The molecule has 0 saturated carbocycles. The Balaban J connectivity index is 2.54. The number of nitrogens with one attached hydrogen (secondary N) is 1. The average molecular weight is 261 g/mol. The van der Waals surface area contributed by atoms with Gasteiger partial charge >= 0.3 is 0 Å². The van der Waals surface area contributed by atoms with E-state index in [4.69, 9.17) is 0 Å². The molecule has 1 heteroatoms. The third-order valence-corrected chi connectivity index (χ3v) is 3.65. The summed E-state index contributed by atoms with van der Waals surface area (Å²) < 4.78 is 0. The Hall–Kier alpha value is -0.820. The monoisotopic (exact) mass is 261 g/mol. The third-order valence-electron chi connectivity index (χ3n) is 3.65. The van der Waals surface area contributed by atoms with Crippen LogP contribution in [0.1, 0.15) is 63.5 Å². The van der Waals surface area contributed by atoms with Crippen LogP contribution < -0.4 is 5.32 Å². The van der Waals surface area contributed by atoms with Crippen LogP contribution in [0.4, 0.5) is 0 Å². The lowest BCUT2D eigenvalue weighted by molar-refractivity contribution is 0.486. The van der Waals surface area contributed by atoms with Crippen molar-refractivity contribution in [2.75, 3.05) is 13.1 Å². The first-order valence-corrected chi connectivity index (χ1v) is 7.90. The number of hydrogen-bond acceptors (Lipinski definition) is 1. The van der Waals surface area contributed by atoms with E-state index in [1.165, 1.54) is 36.8 Å². The first-order chi connectivity index (χ1) is 9.13. The summed E-state index contributed by atoms with van der Waals surface area (Å²) in [6, 6.07) is 9.10. The molecule has 0 amide bonds. The molecule has 0 aliphatic rings. The molecule has 0 aliphatic heterocycles. The highest BCUT2D eigenvalue weighted by Crippen LogP contribution is 2.22. The van der Waals surface area contributed by atoms with Crippen molar-refractivity contribution in [3.05, 3.63) is 35.4 Å². The number of aryl methyl sites for hydroxylation is 1. The quantitative estimate of drug-likeness (QED) is 0.623. The fourth-order valence-electron chi connectivity index (χ4n) is 2.41. The van der Waals surface area contributed by atoms with Gasteiger partial charge in [-0.3, -0.25) is 0 Å². The first kappa shape index (κ1) is 16.2. The van der Waals surface area contributed by atoms with Crippen LogP contribution in [0.5, 0.6) is 0 Å². The van der Waals surface area contributed by atoms with Crippen LogP contribution in [-0.2, 0) is 0 Å². The highest BCUT2D eigenvalue weighted by molar-refractivity contribution is 5.24. The second-order valence-corrected chi connectivity index (χ2v) is 6.16. The first-order valence-electron chi connectivity index (χ1n) is 7.90. The molecule has 1 unspecified atom stereocenters. The van der Waals surface area contributed by atoms with Crippen molar-refractivity contribution in [2.45, 2.75) is 59.3 Å². The molecule has 0 heterocycles. The third kappa shape index (κ3) is 6.77. The highest BCUT2D eigenvalue weighted by Gasteiger charge is 2.11. The SMILES string of the molecule is CCCCCC(CNCC(C)C)c1ccc(C)cc1. The Morgan fingerprint density at radius 2 is 1.68 bits per heavy atom. The largest absolute Gasteiger partial charge is 0.316 e. The Morgan fingerprint density at radius 3 is 2.26 bits per heavy atom. The maximum absolute atomic E-state index is 3.62. The molecule has 0 bridgehead atoms. The maximum Gasteiger partial charge on any atom is 0.00202 e. The summed E-state index contributed by atoms with van der Waals surface area (Å²) in [5.41, 5.74) is 2.85. The van der Waals surface area contributed by atoms with Crippen molar-refractivity contribution < 1.29 is 0 Å². The van der Waals surface area contributed by atoms with Gasteiger partial charge in [0, 0.05) is 6.54 Å². The molecule has 1 atom stereocenters. The van der Waals surface area contributed by atoms with Crippen LogP contribution in [0.3, 0.4) is 0 Å². The number of benzene rings is 1. The Morgan fingerprint density at radius 1 is 1.00 bits per heavy atom. The summed E-state index contributed by atoms with van der Waals surface area (Å²) >= 11 is 0. The zero-order chi connectivity index (χ0) is 14.1. The van der Waals surface area contributed by atoms with Crippen molar-refractivity contribution >= 4 is 0 Å². The second-order valence-electron chi connectivity index (χ2n) is 6.16. The molecule has 0 radical (unpaired) electrons. The van der Waals surface area contributed by atoms with Crippen LogP contribution in [0.2, 0.25) is 0 Å². The molecule has 0 spiro atoms. The smallest absolute Gasteiger partial charge is 0.00202 e. The van der Waals surface area contributed by atoms with E-state index in [0.717, 1.165) is 19.0 Å². The van der Waals surface area contributed by atoms with Gasteiger partial charge in [0.2, 0.25) is 0 Å². The van der Waals surface area contributed by atoms with Crippen LogP contribution in [-0.4, -0.2) is 13.1 Å². The minimum atomic E-state index is 0.672. The van der Waals surface area contributed by atoms with Gasteiger partial charge in [-0.2, -0.15) is 0 Å². The number of rotatable bonds is 9. The van der Waals surface area contributed by atoms with Crippen LogP contribution in [0.15, 0.2) is 24.3 Å². The molecule has 0 fully saturated rings. The summed E-state index contributed by atoms with van der Waals surface area (Å²) in [5, 5.41) is 3.62. The standard InChI is InChI=1S/C18H31N/c1-5-6-7-8-18(14-19-13-15(2)3)17-11-9-16(4)10-12-17/h9-12,15,18-19H,5-8,13-14H2,1-4H3. The van der Waals surface area contributed by atoms with Crippen LogP contribution in [0.25, 0.3) is 0 Å². The lowest BCUT2D eigenvalue weighted by atomic mass is 9.92.